The topological polar surface area (TPSA) is 0 Å². The highest BCUT2D eigenvalue weighted by Gasteiger charge is 2.41. The molecule has 0 aromatic heterocycles. The van der Waals surface area contributed by atoms with Crippen molar-refractivity contribution in [3.05, 3.63) is 140 Å². The maximum absolute atomic E-state index is 2.56. The molecule has 4 aromatic carbocycles. The van der Waals surface area contributed by atoms with E-state index in [-0.39, 0.29) is 11.3 Å². The van der Waals surface area contributed by atoms with Crippen molar-refractivity contribution in [2.45, 2.75) is 125 Å². The molecule has 0 unspecified atom stereocenters. The minimum atomic E-state index is -0.265. The molecule has 0 radical (unpaired) electrons. The van der Waals surface area contributed by atoms with Gasteiger partial charge in [-0.25, -0.2) is 0 Å². The normalized spacial score (nSPS) is 11.9. The van der Waals surface area contributed by atoms with E-state index in [1.165, 1.54) is 66.8 Å². The zero-order valence-corrected chi connectivity index (χ0v) is 28.7. The van der Waals surface area contributed by atoms with Gasteiger partial charge in [-0.1, -0.05) is 135 Å². The Hall–Kier alpha value is -3.12. The first-order valence-corrected chi connectivity index (χ1v) is 17.3. The van der Waals surface area contributed by atoms with E-state index in [2.05, 4.69) is 135 Å². The molecule has 0 nitrogen and oxygen atoms in total. The van der Waals surface area contributed by atoms with Crippen LogP contribution in [-0.2, 0) is 56.8 Å². The van der Waals surface area contributed by atoms with Crippen molar-refractivity contribution in [3.63, 3.8) is 0 Å². The fraction of sp³-hybridized carbons (Fsp3) is 0.442. The highest BCUT2D eigenvalue weighted by molar-refractivity contribution is 5.54. The van der Waals surface area contributed by atoms with E-state index in [0.29, 0.717) is 0 Å². The average Bonchev–Trinajstić information content (AvgIpc) is 3.06. The van der Waals surface area contributed by atoms with Gasteiger partial charge in [0.05, 0.1) is 0 Å². The molecule has 0 heteroatoms. The number of rotatable bonds is 13. The van der Waals surface area contributed by atoms with Gasteiger partial charge in [0.2, 0.25) is 0 Å². The van der Waals surface area contributed by atoms with Crippen LogP contribution in [-0.4, -0.2) is 0 Å². The highest BCUT2D eigenvalue weighted by Crippen LogP contribution is 2.50. The van der Waals surface area contributed by atoms with E-state index in [4.69, 9.17) is 0 Å². The summed E-state index contributed by atoms with van der Waals surface area (Å²) in [5, 5.41) is 0. The van der Waals surface area contributed by atoms with Gasteiger partial charge < -0.3 is 0 Å². The molecule has 0 bridgehead atoms. The molecular formula is C43H56. The Morgan fingerprint density at radius 3 is 0.767 bits per heavy atom. The first-order chi connectivity index (χ1) is 20.8. The molecule has 0 atom stereocenters. The van der Waals surface area contributed by atoms with Gasteiger partial charge in [-0.2, -0.15) is 0 Å². The van der Waals surface area contributed by atoms with E-state index in [9.17, 15) is 0 Å². The second-order valence-corrected chi connectivity index (χ2v) is 12.7. The van der Waals surface area contributed by atoms with Gasteiger partial charge in [0.15, 0.2) is 0 Å². The molecule has 0 saturated heterocycles. The van der Waals surface area contributed by atoms with E-state index < -0.39 is 0 Å². The van der Waals surface area contributed by atoms with Crippen molar-refractivity contribution in [3.8, 4) is 0 Å². The van der Waals surface area contributed by atoms with Crippen molar-refractivity contribution >= 4 is 0 Å². The lowest BCUT2D eigenvalue weighted by atomic mass is 9.61. The molecule has 0 aliphatic heterocycles. The lowest BCUT2D eigenvalue weighted by molar-refractivity contribution is 0.495. The Balaban J connectivity index is 2.22. The maximum atomic E-state index is 2.56. The monoisotopic (exact) mass is 572 g/mol. The van der Waals surface area contributed by atoms with Crippen LogP contribution in [0.4, 0.5) is 0 Å². The zero-order chi connectivity index (χ0) is 31.1. The van der Waals surface area contributed by atoms with Crippen LogP contribution in [0.25, 0.3) is 0 Å². The molecule has 0 fully saturated rings. The van der Waals surface area contributed by atoms with Gasteiger partial charge in [-0.3, -0.25) is 0 Å². The third kappa shape index (κ3) is 7.01. The second-order valence-electron chi connectivity index (χ2n) is 12.7. The summed E-state index contributed by atoms with van der Waals surface area (Å²) >= 11 is 0. The summed E-state index contributed by atoms with van der Waals surface area (Å²) in [7, 11) is 0. The molecule has 0 saturated carbocycles. The highest BCUT2D eigenvalue weighted by atomic mass is 14.4. The molecule has 0 aliphatic rings. The van der Waals surface area contributed by atoms with Crippen molar-refractivity contribution in [1.29, 1.82) is 0 Å². The Morgan fingerprint density at radius 1 is 0.349 bits per heavy atom. The Labute approximate surface area is 264 Å². The molecule has 228 valence electrons. The fourth-order valence-corrected chi connectivity index (χ4v) is 7.03. The zero-order valence-electron chi connectivity index (χ0n) is 28.7. The van der Waals surface area contributed by atoms with Crippen LogP contribution in [0, 0.1) is 0 Å². The third-order valence-corrected chi connectivity index (χ3v) is 9.96. The summed E-state index contributed by atoms with van der Waals surface area (Å²) in [6, 6.07) is 30.0. The predicted octanol–water partition coefficient (Wildman–Crippen LogP) is 11.3. The van der Waals surface area contributed by atoms with Crippen LogP contribution in [0.3, 0.4) is 0 Å². The largest absolute Gasteiger partial charge is 0.0613 e. The van der Waals surface area contributed by atoms with Crippen molar-refractivity contribution in [1.82, 2.24) is 0 Å². The fourth-order valence-electron chi connectivity index (χ4n) is 7.03. The third-order valence-electron chi connectivity index (χ3n) is 9.96. The molecule has 0 spiro atoms. The second kappa shape index (κ2) is 14.6. The number of aryl methyl sites for hydroxylation is 8. The van der Waals surface area contributed by atoms with Crippen LogP contribution in [0.2, 0.25) is 0 Å². The Bertz CT molecular complexity index is 1320. The van der Waals surface area contributed by atoms with Gasteiger partial charge in [0.1, 0.15) is 0 Å². The molecule has 4 aromatic rings. The lowest BCUT2D eigenvalue weighted by Gasteiger charge is -2.41. The van der Waals surface area contributed by atoms with Crippen LogP contribution >= 0.6 is 0 Å². The van der Waals surface area contributed by atoms with Crippen LogP contribution < -0.4 is 0 Å². The first-order valence-electron chi connectivity index (χ1n) is 17.3. The molecule has 0 amide bonds. The van der Waals surface area contributed by atoms with Crippen LogP contribution in [0.15, 0.2) is 72.8 Å². The standard InChI is InChI=1S/C43H56/c1-10-30-18-31(11-2)23-38(22-30)42(39-24-32(12-3)19-33(13-4)25-39)43(9,40-26-34(14-5)20-35(15-6)27-40)41-28-36(16-7)21-37(17-8)29-41/h18-29,42H,10-17H2,1-9H3. The molecule has 4 rings (SSSR count). The summed E-state index contributed by atoms with van der Waals surface area (Å²) in [4.78, 5) is 0. The molecule has 0 heterocycles. The Morgan fingerprint density at radius 2 is 0.558 bits per heavy atom. The van der Waals surface area contributed by atoms with Gasteiger partial charge in [0.25, 0.3) is 0 Å². The quantitative estimate of drug-likeness (QED) is 0.149. The molecular weight excluding hydrogens is 516 g/mol. The SMILES string of the molecule is CCc1cc(CC)cc(C(c2cc(CC)cc(CC)c2)C(C)(c2cc(CC)cc(CC)c2)c2cc(CC)cc(CC)c2)c1. The molecule has 0 N–H and O–H groups in total. The molecule has 43 heavy (non-hydrogen) atoms. The number of benzene rings is 4. The summed E-state index contributed by atoms with van der Waals surface area (Å²) < 4.78 is 0. The minimum absolute atomic E-state index is 0.176. The number of hydrogen-bond acceptors (Lipinski definition) is 0. The van der Waals surface area contributed by atoms with Crippen molar-refractivity contribution < 1.29 is 0 Å². The van der Waals surface area contributed by atoms with Crippen LogP contribution in [0.5, 0.6) is 0 Å². The average molecular weight is 573 g/mol. The summed E-state index contributed by atoms with van der Waals surface area (Å²) in [6.07, 6.45) is 8.40. The van der Waals surface area contributed by atoms with Crippen LogP contribution in [0.1, 0.15) is 135 Å². The molecule has 0 aliphatic carbocycles. The van der Waals surface area contributed by atoms with Gasteiger partial charge in [-0.15, -0.1) is 0 Å². The van der Waals surface area contributed by atoms with Gasteiger partial charge >= 0.3 is 0 Å². The number of hydrogen-bond donors (Lipinski definition) is 0. The predicted molar refractivity (Wildman–Crippen MR) is 189 cm³/mol. The Kier molecular flexibility index (Phi) is 11.1. The lowest BCUT2D eigenvalue weighted by Crippen LogP contribution is -2.34. The minimum Gasteiger partial charge on any atom is -0.0613 e. The summed E-state index contributed by atoms with van der Waals surface area (Å²) in [6.45, 7) is 21.0. The van der Waals surface area contributed by atoms with E-state index >= 15 is 0 Å². The van der Waals surface area contributed by atoms with Gasteiger partial charge in [-0.05, 0) is 118 Å². The summed E-state index contributed by atoms with van der Waals surface area (Å²) in [5.41, 5.74) is 17.1. The van der Waals surface area contributed by atoms with Crippen molar-refractivity contribution in [2.75, 3.05) is 0 Å². The van der Waals surface area contributed by atoms with E-state index in [1.54, 1.807) is 0 Å². The summed E-state index contributed by atoms with van der Waals surface area (Å²) in [5.74, 6) is 0.176. The maximum Gasteiger partial charge on any atom is 0.0284 e. The van der Waals surface area contributed by atoms with Gasteiger partial charge in [0, 0.05) is 11.3 Å². The first kappa shape index (κ1) is 32.8. The van der Waals surface area contributed by atoms with E-state index in [1.807, 2.05) is 0 Å². The van der Waals surface area contributed by atoms with Crippen molar-refractivity contribution in [2.24, 2.45) is 0 Å². The van der Waals surface area contributed by atoms with E-state index in [0.717, 1.165) is 51.4 Å². The smallest absolute Gasteiger partial charge is 0.0284 e.